The summed E-state index contributed by atoms with van der Waals surface area (Å²) in [6.07, 6.45) is 1.42. The maximum absolute atomic E-state index is 11.8. The first-order valence-corrected chi connectivity index (χ1v) is 8.08. The van der Waals surface area contributed by atoms with Crippen LogP contribution in [0.5, 0.6) is 5.88 Å². The van der Waals surface area contributed by atoms with E-state index in [0.29, 0.717) is 29.7 Å². The van der Waals surface area contributed by atoms with Gasteiger partial charge >= 0.3 is 5.97 Å². The number of amides is 1. The predicted octanol–water partition coefficient (Wildman–Crippen LogP) is 1.39. The third-order valence-corrected chi connectivity index (χ3v) is 3.61. The summed E-state index contributed by atoms with van der Waals surface area (Å²) in [5.41, 5.74) is 2.82. The molecule has 2 aromatic rings. The van der Waals surface area contributed by atoms with Crippen molar-refractivity contribution in [3.05, 3.63) is 17.5 Å². The van der Waals surface area contributed by atoms with Crippen molar-refractivity contribution >= 4 is 17.7 Å². The summed E-state index contributed by atoms with van der Waals surface area (Å²) in [6, 6.07) is 1.63. The van der Waals surface area contributed by atoms with E-state index in [0.717, 1.165) is 24.2 Å². The van der Waals surface area contributed by atoms with Crippen molar-refractivity contribution in [2.75, 3.05) is 18.5 Å². The number of aryl methyl sites for hydroxylation is 2. The first kappa shape index (κ1) is 16.9. The number of esters is 1. The number of aromatic nitrogens is 4. The fraction of sp³-hybridized carbons (Fsp3) is 0.438. The Morgan fingerprint density at radius 1 is 1.40 bits per heavy atom. The number of nitrogens with one attached hydrogen (secondary N) is 2. The fourth-order valence-electron chi connectivity index (χ4n) is 2.53. The van der Waals surface area contributed by atoms with Gasteiger partial charge in [-0.1, -0.05) is 0 Å². The molecule has 0 aliphatic carbocycles. The van der Waals surface area contributed by atoms with E-state index >= 15 is 0 Å². The predicted molar refractivity (Wildman–Crippen MR) is 88.0 cm³/mol. The zero-order valence-electron chi connectivity index (χ0n) is 14.1. The highest BCUT2D eigenvalue weighted by Gasteiger charge is 2.19. The van der Waals surface area contributed by atoms with Crippen LogP contribution in [0.4, 0.5) is 5.82 Å². The molecule has 9 heteroatoms. The number of ether oxygens (including phenoxy) is 2. The number of nitrogens with zero attached hydrogens (tertiary/aromatic N) is 3. The van der Waals surface area contributed by atoms with Gasteiger partial charge in [0.2, 0.25) is 11.8 Å². The summed E-state index contributed by atoms with van der Waals surface area (Å²) in [6.45, 7) is 4.40. The molecule has 0 atom stereocenters. The lowest BCUT2D eigenvalue weighted by Gasteiger charge is -2.16. The Hall–Kier alpha value is -2.97. The van der Waals surface area contributed by atoms with Gasteiger partial charge in [0, 0.05) is 6.07 Å². The van der Waals surface area contributed by atoms with Gasteiger partial charge in [-0.15, -0.1) is 0 Å². The molecule has 0 bridgehead atoms. The van der Waals surface area contributed by atoms with Gasteiger partial charge in [-0.05, 0) is 26.7 Å². The molecule has 0 fully saturated rings. The number of hydrogen-bond acceptors (Lipinski definition) is 7. The highest BCUT2D eigenvalue weighted by molar-refractivity contribution is 6.01. The minimum atomic E-state index is -0.579. The molecule has 25 heavy (non-hydrogen) atoms. The fourth-order valence-corrected chi connectivity index (χ4v) is 2.53. The monoisotopic (exact) mass is 345 g/mol. The van der Waals surface area contributed by atoms with Crippen LogP contribution in [0.2, 0.25) is 0 Å². The largest absolute Gasteiger partial charge is 0.476 e. The van der Waals surface area contributed by atoms with Crippen molar-refractivity contribution in [1.29, 1.82) is 0 Å². The number of rotatable bonds is 5. The summed E-state index contributed by atoms with van der Waals surface area (Å²) in [4.78, 5) is 32.1. The van der Waals surface area contributed by atoms with Crippen molar-refractivity contribution in [3.63, 3.8) is 0 Å². The Labute approximate surface area is 144 Å². The molecule has 3 heterocycles. The van der Waals surface area contributed by atoms with E-state index in [1.54, 1.807) is 13.0 Å². The molecular formula is C16H19N5O4. The lowest BCUT2D eigenvalue weighted by molar-refractivity contribution is -0.145. The van der Waals surface area contributed by atoms with Gasteiger partial charge in [-0.3, -0.25) is 19.7 Å². The van der Waals surface area contributed by atoms with Gasteiger partial charge in [0.1, 0.15) is 17.8 Å². The van der Waals surface area contributed by atoms with E-state index < -0.39 is 11.9 Å². The lowest BCUT2D eigenvalue weighted by atomic mass is 10.2. The zero-order chi connectivity index (χ0) is 17.8. The maximum atomic E-state index is 11.8. The molecule has 0 unspecified atom stereocenters. The van der Waals surface area contributed by atoms with Crippen LogP contribution in [0.25, 0.3) is 11.4 Å². The van der Waals surface area contributed by atoms with Gasteiger partial charge in [0.05, 0.1) is 24.6 Å². The molecule has 0 saturated heterocycles. The standard InChI is InChI=1S/C16H19N5O4/c1-3-24-14(23)8-13(22)18-12-7-11(20-21-12)15-9(2)17-10-5-4-6-25-16(10)19-15/h7H,3-6,8H2,1-2H3,(H2,18,20,21,22). The summed E-state index contributed by atoms with van der Waals surface area (Å²) in [7, 11) is 0. The second-order valence-corrected chi connectivity index (χ2v) is 5.56. The summed E-state index contributed by atoms with van der Waals surface area (Å²) in [5.74, 6) is -0.240. The second kappa shape index (κ2) is 7.29. The van der Waals surface area contributed by atoms with Crippen molar-refractivity contribution in [2.24, 2.45) is 0 Å². The Balaban J connectivity index is 1.73. The van der Waals surface area contributed by atoms with Gasteiger partial charge in [0.25, 0.3) is 0 Å². The molecular weight excluding hydrogens is 326 g/mol. The normalized spacial score (nSPS) is 12.9. The van der Waals surface area contributed by atoms with E-state index in [1.165, 1.54) is 0 Å². The van der Waals surface area contributed by atoms with Gasteiger partial charge in [-0.2, -0.15) is 5.10 Å². The summed E-state index contributed by atoms with van der Waals surface area (Å²) in [5, 5.41) is 9.38. The smallest absolute Gasteiger partial charge is 0.315 e. The Bertz CT molecular complexity index is 802. The minimum absolute atomic E-state index is 0.233. The topological polar surface area (TPSA) is 119 Å². The number of hydrogen-bond donors (Lipinski definition) is 2. The molecule has 3 rings (SSSR count). The van der Waals surface area contributed by atoms with Gasteiger partial charge < -0.3 is 14.8 Å². The van der Waals surface area contributed by atoms with E-state index in [9.17, 15) is 9.59 Å². The Morgan fingerprint density at radius 3 is 3.04 bits per heavy atom. The molecule has 0 aromatic carbocycles. The molecule has 1 amide bonds. The average Bonchev–Trinajstić information content (AvgIpc) is 3.02. The van der Waals surface area contributed by atoms with Crippen LogP contribution in [-0.2, 0) is 20.7 Å². The number of aromatic amines is 1. The summed E-state index contributed by atoms with van der Waals surface area (Å²) >= 11 is 0. The molecule has 2 N–H and O–H groups in total. The van der Waals surface area contributed by atoms with Crippen molar-refractivity contribution in [2.45, 2.75) is 33.1 Å². The van der Waals surface area contributed by atoms with Crippen LogP contribution in [-0.4, -0.2) is 45.3 Å². The van der Waals surface area contributed by atoms with Crippen molar-refractivity contribution in [1.82, 2.24) is 20.2 Å². The molecule has 9 nitrogen and oxygen atoms in total. The van der Waals surface area contributed by atoms with Gasteiger partial charge in [-0.25, -0.2) is 4.98 Å². The summed E-state index contributed by atoms with van der Waals surface area (Å²) < 4.78 is 10.3. The molecule has 0 radical (unpaired) electrons. The van der Waals surface area contributed by atoms with Crippen LogP contribution >= 0.6 is 0 Å². The first-order valence-electron chi connectivity index (χ1n) is 8.08. The highest BCUT2D eigenvalue weighted by Crippen LogP contribution is 2.27. The van der Waals surface area contributed by atoms with Crippen LogP contribution < -0.4 is 10.1 Å². The second-order valence-electron chi connectivity index (χ2n) is 5.56. The van der Waals surface area contributed by atoms with Crippen LogP contribution in [0.3, 0.4) is 0 Å². The molecule has 2 aromatic heterocycles. The van der Waals surface area contributed by atoms with Crippen LogP contribution in [0, 0.1) is 6.92 Å². The third kappa shape index (κ3) is 3.93. The van der Waals surface area contributed by atoms with E-state index in [4.69, 9.17) is 9.47 Å². The quantitative estimate of drug-likeness (QED) is 0.621. The highest BCUT2D eigenvalue weighted by atomic mass is 16.5. The number of fused-ring (bicyclic) bond motifs is 1. The molecule has 0 spiro atoms. The minimum Gasteiger partial charge on any atom is -0.476 e. The SMILES string of the molecule is CCOC(=O)CC(=O)Nc1cc(-c2nc3c(nc2C)CCCO3)[nH]n1. The van der Waals surface area contributed by atoms with E-state index in [-0.39, 0.29) is 13.0 Å². The van der Waals surface area contributed by atoms with Crippen molar-refractivity contribution in [3.8, 4) is 17.3 Å². The van der Waals surface area contributed by atoms with E-state index in [1.807, 2.05) is 6.92 Å². The number of carbonyl (C=O) groups excluding carboxylic acids is 2. The van der Waals surface area contributed by atoms with Gasteiger partial charge in [0.15, 0.2) is 5.82 Å². The molecule has 1 aliphatic rings. The Morgan fingerprint density at radius 2 is 2.24 bits per heavy atom. The number of anilines is 1. The lowest BCUT2D eigenvalue weighted by Crippen LogP contribution is -2.18. The zero-order valence-corrected chi connectivity index (χ0v) is 14.1. The average molecular weight is 345 g/mol. The van der Waals surface area contributed by atoms with E-state index in [2.05, 4.69) is 25.5 Å². The van der Waals surface area contributed by atoms with Crippen LogP contribution in [0.15, 0.2) is 6.07 Å². The van der Waals surface area contributed by atoms with Crippen LogP contribution in [0.1, 0.15) is 31.2 Å². The molecule has 0 saturated carbocycles. The molecule has 1 aliphatic heterocycles. The number of H-pyrrole nitrogens is 1. The molecule has 132 valence electrons. The first-order chi connectivity index (χ1) is 12.1. The number of carbonyl (C=O) groups is 2. The third-order valence-electron chi connectivity index (χ3n) is 3.61. The maximum Gasteiger partial charge on any atom is 0.315 e. The van der Waals surface area contributed by atoms with Crippen molar-refractivity contribution < 1.29 is 19.1 Å². The Kier molecular flexibility index (Phi) is 4.92.